The van der Waals surface area contributed by atoms with Crippen LogP contribution in [-0.4, -0.2) is 27.7 Å². The van der Waals surface area contributed by atoms with Gasteiger partial charge in [-0.15, -0.1) is 11.4 Å². The first kappa shape index (κ1) is 12.0. The van der Waals surface area contributed by atoms with Gasteiger partial charge in [-0.3, -0.25) is 0 Å². The molecule has 6 nitrogen and oxygen atoms in total. The normalized spacial score (nSPS) is 11.6. The Morgan fingerprint density at radius 1 is 1.38 bits per heavy atom. The maximum absolute atomic E-state index is 5.47. The molecule has 0 saturated heterocycles. The van der Waals surface area contributed by atoms with Crippen molar-refractivity contribution in [1.82, 2.24) is 15.0 Å². The van der Waals surface area contributed by atoms with Gasteiger partial charge in [0.1, 0.15) is 0 Å². The quantitative estimate of drug-likeness (QED) is 0.736. The van der Waals surface area contributed by atoms with Crippen molar-refractivity contribution < 1.29 is 9.47 Å². The van der Waals surface area contributed by atoms with Gasteiger partial charge in [-0.2, -0.15) is 9.97 Å². The predicted molar refractivity (Wildman–Crippen MR) is 58.9 cm³/mol. The van der Waals surface area contributed by atoms with Gasteiger partial charge < -0.3 is 15.2 Å². The smallest absolute Gasteiger partial charge is 0.325 e. The maximum atomic E-state index is 5.47. The number of nitrogen functional groups attached to an aromatic ring is 1. The average molecular weight is 222 g/mol. The largest absolute Gasteiger partial charge is 0.463 e. The SMILES string of the molecule is C#CC(C)Oc1nc(N)nc(OCCC)n1. The van der Waals surface area contributed by atoms with E-state index in [4.69, 9.17) is 21.6 Å². The molecule has 0 aromatic carbocycles. The van der Waals surface area contributed by atoms with Gasteiger partial charge in [0.2, 0.25) is 5.95 Å². The molecule has 0 bridgehead atoms. The van der Waals surface area contributed by atoms with Crippen LogP contribution in [0.2, 0.25) is 0 Å². The molecule has 16 heavy (non-hydrogen) atoms. The molecule has 1 unspecified atom stereocenters. The second kappa shape index (κ2) is 5.75. The van der Waals surface area contributed by atoms with E-state index < -0.39 is 6.10 Å². The van der Waals surface area contributed by atoms with Crippen molar-refractivity contribution in [3.63, 3.8) is 0 Å². The van der Waals surface area contributed by atoms with E-state index in [9.17, 15) is 0 Å². The number of aromatic nitrogens is 3. The van der Waals surface area contributed by atoms with E-state index in [1.807, 2.05) is 6.92 Å². The molecule has 1 aromatic heterocycles. The zero-order valence-electron chi connectivity index (χ0n) is 9.30. The highest BCUT2D eigenvalue weighted by Gasteiger charge is 2.08. The molecule has 1 heterocycles. The summed E-state index contributed by atoms with van der Waals surface area (Å²) in [6.07, 6.45) is 5.59. The monoisotopic (exact) mass is 222 g/mol. The highest BCUT2D eigenvalue weighted by Crippen LogP contribution is 2.12. The fourth-order valence-corrected chi connectivity index (χ4v) is 0.856. The molecule has 1 atom stereocenters. The van der Waals surface area contributed by atoms with E-state index in [-0.39, 0.29) is 18.0 Å². The molecule has 1 rings (SSSR count). The van der Waals surface area contributed by atoms with Gasteiger partial charge >= 0.3 is 12.0 Å². The summed E-state index contributed by atoms with van der Waals surface area (Å²) in [5.74, 6) is 2.43. The third kappa shape index (κ3) is 3.61. The lowest BCUT2D eigenvalue weighted by molar-refractivity contribution is 0.240. The molecule has 6 heteroatoms. The highest BCUT2D eigenvalue weighted by atomic mass is 16.5. The Morgan fingerprint density at radius 3 is 2.69 bits per heavy atom. The van der Waals surface area contributed by atoms with E-state index in [0.717, 1.165) is 6.42 Å². The second-order valence-corrected chi connectivity index (χ2v) is 3.03. The Balaban J connectivity index is 2.77. The van der Waals surface area contributed by atoms with Crippen molar-refractivity contribution in [2.24, 2.45) is 0 Å². The number of rotatable bonds is 5. The fourth-order valence-electron chi connectivity index (χ4n) is 0.856. The van der Waals surface area contributed by atoms with Gasteiger partial charge in [-0.05, 0) is 13.3 Å². The maximum Gasteiger partial charge on any atom is 0.325 e. The van der Waals surface area contributed by atoms with E-state index >= 15 is 0 Å². The number of anilines is 1. The van der Waals surface area contributed by atoms with Crippen LogP contribution in [0.4, 0.5) is 5.95 Å². The molecular formula is C10H14N4O2. The summed E-state index contributed by atoms with van der Waals surface area (Å²) < 4.78 is 10.4. The summed E-state index contributed by atoms with van der Waals surface area (Å²) in [6.45, 7) is 4.18. The number of nitrogens with zero attached hydrogens (tertiary/aromatic N) is 3. The number of hydrogen-bond acceptors (Lipinski definition) is 6. The van der Waals surface area contributed by atoms with Crippen molar-refractivity contribution in [2.45, 2.75) is 26.4 Å². The van der Waals surface area contributed by atoms with E-state index in [0.29, 0.717) is 6.61 Å². The molecule has 0 fully saturated rings. The molecule has 86 valence electrons. The number of nitrogens with two attached hydrogens (primary N) is 1. The molecule has 0 aliphatic carbocycles. The Labute approximate surface area is 94.2 Å². The predicted octanol–water partition coefficient (Wildman–Crippen LogP) is 0.643. The van der Waals surface area contributed by atoms with Gasteiger partial charge in [0, 0.05) is 0 Å². The summed E-state index contributed by atoms with van der Waals surface area (Å²) in [5.41, 5.74) is 5.47. The summed E-state index contributed by atoms with van der Waals surface area (Å²) in [4.78, 5) is 11.5. The minimum atomic E-state index is -0.430. The lowest BCUT2D eigenvalue weighted by Gasteiger charge is -2.08. The van der Waals surface area contributed by atoms with Crippen LogP contribution in [0.25, 0.3) is 0 Å². The molecule has 0 radical (unpaired) electrons. The Hall–Kier alpha value is -2.03. The molecule has 0 amide bonds. The summed E-state index contributed by atoms with van der Waals surface area (Å²) in [7, 11) is 0. The van der Waals surface area contributed by atoms with Crippen LogP contribution in [0, 0.1) is 12.3 Å². The molecule has 0 spiro atoms. The van der Waals surface area contributed by atoms with Crippen LogP contribution in [0.3, 0.4) is 0 Å². The summed E-state index contributed by atoms with van der Waals surface area (Å²) in [6, 6.07) is 0.220. The first-order valence-corrected chi connectivity index (χ1v) is 4.92. The van der Waals surface area contributed by atoms with Crippen molar-refractivity contribution in [2.75, 3.05) is 12.3 Å². The number of terminal acetylenes is 1. The fraction of sp³-hybridized carbons (Fsp3) is 0.500. The van der Waals surface area contributed by atoms with Crippen LogP contribution in [0.1, 0.15) is 20.3 Å². The van der Waals surface area contributed by atoms with Crippen LogP contribution in [0.15, 0.2) is 0 Å². The molecule has 2 N–H and O–H groups in total. The van der Waals surface area contributed by atoms with Crippen molar-refractivity contribution in [3.05, 3.63) is 0 Å². The Kier molecular flexibility index (Phi) is 4.33. The highest BCUT2D eigenvalue weighted by molar-refractivity contribution is 5.20. The van der Waals surface area contributed by atoms with Crippen LogP contribution >= 0.6 is 0 Å². The van der Waals surface area contributed by atoms with Crippen LogP contribution in [0.5, 0.6) is 12.0 Å². The lowest BCUT2D eigenvalue weighted by Crippen LogP contribution is -2.13. The molecule has 0 saturated carbocycles. The van der Waals surface area contributed by atoms with Crippen LogP contribution in [-0.2, 0) is 0 Å². The lowest BCUT2D eigenvalue weighted by atomic mass is 10.4. The third-order valence-electron chi connectivity index (χ3n) is 1.56. The summed E-state index contributed by atoms with van der Waals surface area (Å²) >= 11 is 0. The van der Waals surface area contributed by atoms with Crippen molar-refractivity contribution in [1.29, 1.82) is 0 Å². The summed E-state index contributed by atoms with van der Waals surface area (Å²) in [5, 5.41) is 0. The Morgan fingerprint density at radius 2 is 2.06 bits per heavy atom. The minimum Gasteiger partial charge on any atom is -0.463 e. The second-order valence-electron chi connectivity index (χ2n) is 3.03. The van der Waals surface area contributed by atoms with Gasteiger partial charge in [-0.1, -0.05) is 12.8 Å². The zero-order valence-corrected chi connectivity index (χ0v) is 9.30. The van der Waals surface area contributed by atoms with E-state index in [1.165, 1.54) is 0 Å². The molecule has 1 aromatic rings. The molecular weight excluding hydrogens is 208 g/mol. The average Bonchev–Trinajstić information content (AvgIpc) is 2.25. The van der Waals surface area contributed by atoms with E-state index in [2.05, 4.69) is 20.9 Å². The standard InChI is InChI=1S/C10H14N4O2/c1-4-6-15-9-12-8(11)13-10(14-9)16-7(3)5-2/h2,7H,4,6H2,1,3H3,(H2,11,12,13,14). The molecule has 0 aliphatic rings. The van der Waals surface area contributed by atoms with Gasteiger partial charge in [0.05, 0.1) is 6.61 Å². The van der Waals surface area contributed by atoms with Crippen LogP contribution < -0.4 is 15.2 Å². The van der Waals surface area contributed by atoms with E-state index in [1.54, 1.807) is 6.92 Å². The van der Waals surface area contributed by atoms with Gasteiger partial charge in [-0.25, -0.2) is 0 Å². The number of ether oxygens (including phenoxy) is 2. The zero-order chi connectivity index (χ0) is 12.0. The van der Waals surface area contributed by atoms with Gasteiger partial charge in [0.25, 0.3) is 0 Å². The van der Waals surface area contributed by atoms with Crippen molar-refractivity contribution >= 4 is 5.95 Å². The minimum absolute atomic E-state index is 0.0420. The topological polar surface area (TPSA) is 83.2 Å². The molecule has 0 aliphatic heterocycles. The first-order chi connectivity index (χ1) is 7.65. The first-order valence-electron chi connectivity index (χ1n) is 4.92. The van der Waals surface area contributed by atoms with Gasteiger partial charge in [0.15, 0.2) is 6.10 Å². The van der Waals surface area contributed by atoms with Crippen molar-refractivity contribution in [3.8, 4) is 24.4 Å². The Bertz CT molecular complexity index is 389. The number of hydrogen-bond donors (Lipinski definition) is 1. The third-order valence-corrected chi connectivity index (χ3v) is 1.56.